The van der Waals surface area contributed by atoms with E-state index in [0.29, 0.717) is 50.9 Å². The molecule has 0 fully saturated rings. The van der Waals surface area contributed by atoms with Crippen molar-refractivity contribution in [3.63, 3.8) is 0 Å². The van der Waals surface area contributed by atoms with E-state index in [2.05, 4.69) is 20.6 Å². The summed E-state index contributed by atoms with van der Waals surface area (Å²) in [5.74, 6) is 0.799. The number of benzene rings is 2. The topological polar surface area (TPSA) is 131 Å². The van der Waals surface area contributed by atoms with Crippen molar-refractivity contribution in [2.24, 2.45) is 15.7 Å². The van der Waals surface area contributed by atoms with E-state index in [0.717, 1.165) is 5.69 Å². The van der Waals surface area contributed by atoms with Crippen LogP contribution >= 0.6 is 0 Å². The van der Waals surface area contributed by atoms with Crippen LogP contribution in [-0.4, -0.2) is 62.3 Å². The molecule has 31 heavy (non-hydrogen) atoms. The van der Waals surface area contributed by atoms with Gasteiger partial charge in [0.2, 0.25) is 0 Å². The summed E-state index contributed by atoms with van der Waals surface area (Å²) in [5.41, 5.74) is 7.17. The van der Waals surface area contributed by atoms with Crippen LogP contribution in [0.5, 0.6) is 5.75 Å². The Labute approximate surface area is 182 Å². The molecule has 0 atom stereocenters. The minimum absolute atomic E-state index is 0.116. The van der Waals surface area contributed by atoms with Gasteiger partial charge in [0.05, 0.1) is 33.0 Å². The molecule has 0 spiro atoms. The van der Waals surface area contributed by atoms with E-state index >= 15 is 0 Å². The molecule has 0 radical (unpaired) electrons. The highest BCUT2D eigenvalue weighted by molar-refractivity contribution is 6.01. The Kier molecular flexibility index (Phi) is 10.6. The molecular weight excluding hydrogens is 398 g/mol. The van der Waals surface area contributed by atoms with Gasteiger partial charge in [-0.15, -0.1) is 0 Å². The number of anilines is 1. The number of rotatable bonds is 11. The number of guanidine groups is 1. The molecule has 0 aliphatic rings. The van der Waals surface area contributed by atoms with Crippen LogP contribution in [0.4, 0.5) is 5.69 Å². The first kappa shape index (κ1) is 23.8. The third kappa shape index (κ3) is 10.2. The third-order valence-electron chi connectivity index (χ3n) is 3.94. The Morgan fingerprint density at radius 1 is 1.00 bits per heavy atom. The Morgan fingerprint density at radius 3 is 2.39 bits per heavy atom. The Bertz CT molecular complexity index is 854. The summed E-state index contributed by atoms with van der Waals surface area (Å²) in [6.45, 7) is 4.37. The first-order valence-corrected chi connectivity index (χ1v) is 9.94. The molecule has 0 saturated carbocycles. The van der Waals surface area contributed by atoms with Crippen molar-refractivity contribution < 1.29 is 19.4 Å². The quantitative estimate of drug-likeness (QED) is 0.188. The molecule has 2 aromatic carbocycles. The lowest BCUT2D eigenvalue weighted by Gasteiger charge is -2.07. The molecule has 2 rings (SSSR count). The smallest absolute Gasteiger partial charge is 0.251 e. The lowest BCUT2D eigenvalue weighted by atomic mass is 10.2. The number of hydrogen-bond acceptors (Lipinski definition) is 5. The van der Waals surface area contributed by atoms with Crippen LogP contribution in [0, 0.1) is 0 Å². The lowest BCUT2D eigenvalue weighted by molar-refractivity contribution is 0.0512. The second kappa shape index (κ2) is 13.7. The summed E-state index contributed by atoms with van der Waals surface area (Å²) < 4.78 is 10.9. The maximum Gasteiger partial charge on any atom is 0.251 e. The maximum absolute atomic E-state index is 11.8. The molecule has 5 N–H and O–H groups in total. The summed E-state index contributed by atoms with van der Waals surface area (Å²) in [6, 6.07) is 15.5. The SMILES string of the molecule is CC(=NCCOCCOCCNC(=O)c1ccccc1)N=C(N)Nc1ccc(O)cc1. The van der Waals surface area contributed by atoms with Gasteiger partial charge in [0.15, 0.2) is 5.96 Å². The minimum Gasteiger partial charge on any atom is -0.508 e. The highest BCUT2D eigenvalue weighted by atomic mass is 16.5. The fraction of sp³-hybridized carbons (Fsp3) is 0.318. The molecule has 9 heteroatoms. The fourth-order valence-electron chi connectivity index (χ4n) is 2.45. The maximum atomic E-state index is 11.8. The van der Waals surface area contributed by atoms with Gasteiger partial charge >= 0.3 is 0 Å². The zero-order valence-electron chi connectivity index (χ0n) is 17.6. The first-order valence-electron chi connectivity index (χ1n) is 9.94. The van der Waals surface area contributed by atoms with Crippen LogP contribution in [0.2, 0.25) is 0 Å². The predicted molar refractivity (Wildman–Crippen MR) is 122 cm³/mol. The molecular formula is C22H29N5O4. The van der Waals surface area contributed by atoms with Crippen LogP contribution < -0.4 is 16.4 Å². The van der Waals surface area contributed by atoms with Gasteiger partial charge in [-0.2, -0.15) is 0 Å². The van der Waals surface area contributed by atoms with Gasteiger partial charge in [0.1, 0.15) is 11.6 Å². The van der Waals surface area contributed by atoms with E-state index in [9.17, 15) is 9.90 Å². The van der Waals surface area contributed by atoms with Crippen molar-refractivity contribution in [3.8, 4) is 5.75 Å². The van der Waals surface area contributed by atoms with Crippen LogP contribution in [-0.2, 0) is 9.47 Å². The number of phenols is 1. The first-order chi connectivity index (χ1) is 15.0. The summed E-state index contributed by atoms with van der Waals surface area (Å²) in [7, 11) is 0. The van der Waals surface area contributed by atoms with E-state index in [1.54, 1.807) is 43.3 Å². The summed E-state index contributed by atoms with van der Waals surface area (Å²) in [6.07, 6.45) is 0. The Balaban J connectivity index is 1.49. The molecule has 1 amide bonds. The average molecular weight is 428 g/mol. The van der Waals surface area contributed by atoms with Crippen LogP contribution in [0.25, 0.3) is 0 Å². The van der Waals surface area contributed by atoms with E-state index in [-0.39, 0.29) is 17.6 Å². The number of nitrogens with zero attached hydrogens (tertiary/aromatic N) is 2. The number of aliphatic imine (C=N–C) groups is 2. The normalized spacial score (nSPS) is 11.9. The lowest BCUT2D eigenvalue weighted by Crippen LogP contribution is -2.27. The predicted octanol–water partition coefficient (Wildman–Crippen LogP) is 2.00. The van der Waals surface area contributed by atoms with Crippen molar-refractivity contribution in [2.75, 3.05) is 44.8 Å². The number of amides is 1. The van der Waals surface area contributed by atoms with Gasteiger partial charge < -0.3 is 30.9 Å². The highest BCUT2D eigenvalue weighted by Crippen LogP contribution is 2.13. The van der Waals surface area contributed by atoms with Crippen molar-refractivity contribution in [3.05, 3.63) is 60.2 Å². The van der Waals surface area contributed by atoms with Crippen LogP contribution in [0.3, 0.4) is 0 Å². The van der Waals surface area contributed by atoms with E-state index in [1.807, 2.05) is 18.2 Å². The third-order valence-corrected chi connectivity index (χ3v) is 3.94. The van der Waals surface area contributed by atoms with Gasteiger partial charge in [-0.3, -0.25) is 9.79 Å². The Hall–Kier alpha value is -3.43. The summed E-state index contributed by atoms with van der Waals surface area (Å²) in [4.78, 5) is 20.3. The van der Waals surface area contributed by atoms with E-state index in [1.165, 1.54) is 0 Å². The molecule has 166 valence electrons. The molecule has 0 unspecified atom stereocenters. The van der Waals surface area contributed by atoms with Crippen LogP contribution in [0.1, 0.15) is 17.3 Å². The summed E-state index contributed by atoms with van der Waals surface area (Å²) in [5, 5.41) is 15.0. The second-order valence-electron chi connectivity index (χ2n) is 6.44. The molecule has 9 nitrogen and oxygen atoms in total. The number of carbonyl (C=O) groups is 1. The number of ether oxygens (including phenoxy) is 2. The standard InChI is InChI=1S/C22H29N5O4/c1-17(26-22(23)27-19-7-9-20(28)10-8-19)24-11-13-30-15-16-31-14-12-25-21(29)18-5-3-2-4-6-18/h2-10,28H,11-16H2,1H3,(H,25,29)(H3,23,24,26,27). The van der Waals surface area contributed by atoms with Crippen LogP contribution in [0.15, 0.2) is 64.6 Å². The molecule has 0 saturated heterocycles. The number of nitrogens with two attached hydrogens (primary N) is 1. The van der Waals surface area contributed by atoms with E-state index in [4.69, 9.17) is 15.2 Å². The zero-order valence-corrected chi connectivity index (χ0v) is 17.6. The number of aromatic hydroxyl groups is 1. The fourth-order valence-corrected chi connectivity index (χ4v) is 2.45. The monoisotopic (exact) mass is 427 g/mol. The number of phenolic OH excluding ortho intramolecular Hbond substituents is 1. The van der Waals surface area contributed by atoms with Crippen molar-refractivity contribution in [1.82, 2.24) is 5.32 Å². The largest absolute Gasteiger partial charge is 0.508 e. The van der Waals surface area contributed by atoms with Gasteiger partial charge in [-0.25, -0.2) is 4.99 Å². The Morgan fingerprint density at radius 2 is 1.68 bits per heavy atom. The summed E-state index contributed by atoms with van der Waals surface area (Å²) >= 11 is 0. The van der Waals surface area contributed by atoms with Crippen molar-refractivity contribution >= 4 is 23.4 Å². The van der Waals surface area contributed by atoms with Gasteiger partial charge in [-0.05, 0) is 43.3 Å². The van der Waals surface area contributed by atoms with Crippen molar-refractivity contribution in [1.29, 1.82) is 0 Å². The highest BCUT2D eigenvalue weighted by Gasteiger charge is 2.02. The number of hydrogen-bond donors (Lipinski definition) is 4. The number of amidine groups is 1. The average Bonchev–Trinajstić information content (AvgIpc) is 2.77. The molecule has 0 heterocycles. The number of nitrogens with one attached hydrogen (secondary N) is 2. The molecule has 0 bridgehead atoms. The van der Waals surface area contributed by atoms with Gasteiger partial charge in [0, 0.05) is 17.8 Å². The zero-order chi connectivity index (χ0) is 22.3. The molecule has 0 aliphatic heterocycles. The molecule has 0 aromatic heterocycles. The number of carbonyl (C=O) groups excluding carboxylic acids is 1. The van der Waals surface area contributed by atoms with Gasteiger partial charge in [-0.1, -0.05) is 18.2 Å². The second-order valence-corrected chi connectivity index (χ2v) is 6.44. The molecule has 0 aliphatic carbocycles. The molecule has 2 aromatic rings. The van der Waals surface area contributed by atoms with Crippen molar-refractivity contribution in [2.45, 2.75) is 6.92 Å². The van der Waals surface area contributed by atoms with E-state index < -0.39 is 0 Å². The van der Waals surface area contributed by atoms with Gasteiger partial charge in [0.25, 0.3) is 5.91 Å². The minimum atomic E-state index is -0.116.